The van der Waals surface area contributed by atoms with Crippen molar-refractivity contribution in [3.05, 3.63) is 0 Å². The highest BCUT2D eigenvalue weighted by atomic mass is 16.3. The summed E-state index contributed by atoms with van der Waals surface area (Å²) in [7, 11) is 0. The van der Waals surface area contributed by atoms with Crippen molar-refractivity contribution < 1.29 is 5.11 Å². The van der Waals surface area contributed by atoms with Crippen LogP contribution in [-0.2, 0) is 0 Å². The molecule has 0 aromatic heterocycles. The summed E-state index contributed by atoms with van der Waals surface area (Å²) < 4.78 is 0. The second-order valence-electron chi connectivity index (χ2n) is 5.29. The first-order valence-corrected chi connectivity index (χ1v) is 6.12. The normalized spacial score (nSPS) is 45.6. The zero-order valence-corrected chi connectivity index (χ0v) is 9.45. The van der Waals surface area contributed by atoms with Gasteiger partial charge in [-0.25, -0.2) is 0 Å². The minimum atomic E-state index is -0.0530. The highest BCUT2D eigenvalue weighted by Gasteiger charge is 2.35. The lowest BCUT2D eigenvalue weighted by Gasteiger charge is -2.41. The van der Waals surface area contributed by atoms with E-state index < -0.39 is 0 Å². The van der Waals surface area contributed by atoms with Crippen molar-refractivity contribution in [2.75, 3.05) is 6.54 Å². The third kappa shape index (κ3) is 1.96. The standard InChI is InChI=1S/C12H23NO/c1-9-6-7-10(2)13(8-9)11-4-3-5-12(11)14/h9-12,14H,3-8H2,1-2H3/t9?,10?,11-,12-/m1/s1. The van der Waals surface area contributed by atoms with Gasteiger partial charge in [0.25, 0.3) is 0 Å². The quantitative estimate of drug-likeness (QED) is 0.695. The number of aliphatic hydroxyl groups is 1. The van der Waals surface area contributed by atoms with Gasteiger partial charge in [-0.1, -0.05) is 6.92 Å². The monoisotopic (exact) mass is 197 g/mol. The number of nitrogens with zero attached hydrogens (tertiary/aromatic N) is 1. The van der Waals surface area contributed by atoms with Crippen molar-refractivity contribution in [3.63, 3.8) is 0 Å². The Hall–Kier alpha value is -0.0800. The predicted octanol–water partition coefficient (Wildman–Crippen LogP) is 2.02. The van der Waals surface area contributed by atoms with E-state index in [1.165, 1.54) is 32.2 Å². The number of likely N-dealkylation sites (tertiary alicyclic amines) is 1. The summed E-state index contributed by atoms with van der Waals surface area (Å²) in [5.41, 5.74) is 0. The van der Waals surface area contributed by atoms with Crippen LogP contribution in [0.25, 0.3) is 0 Å². The Kier molecular flexibility index (Phi) is 3.13. The van der Waals surface area contributed by atoms with Gasteiger partial charge in [-0.2, -0.15) is 0 Å². The molecule has 82 valence electrons. The van der Waals surface area contributed by atoms with Crippen LogP contribution in [0.15, 0.2) is 0 Å². The van der Waals surface area contributed by atoms with Gasteiger partial charge in [0, 0.05) is 18.6 Å². The Balaban J connectivity index is 2.00. The van der Waals surface area contributed by atoms with Gasteiger partial charge in [-0.05, 0) is 44.9 Å². The molecular formula is C12H23NO. The lowest BCUT2D eigenvalue weighted by molar-refractivity contribution is 0.0161. The van der Waals surface area contributed by atoms with Gasteiger partial charge in [0.05, 0.1) is 6.10 Å². The maximum atomic E-state index is 9.90. The molecule has 14 heavy (non-hydrogen) atoms. The fraction of sp³-hybridized carbons (Fsp3) is 1.00. The Labute approximate surface area is 87.3 Å². The smallest absolute Gasteiger partial charge is 0.0695 e. The molecule has 2 rings (SSSR count). The third-order valence-electron chi connectivity index (χ3n) is 4.04. The molecule has 0 amide bonds. The van der Waals surface area contributed by atoms with Crippen LogP contribution in [0.3, 0.4) is 0 Å². The Bertz CT molecular complexity index is 195. The summed E-state index contributed by atoms with van der Waals surface area (Å²) in [5.74, 6) is 0.819. The maximum absolute atomic E-state index is 9.90. The molecule has 1 saturated carbocycles. The summed E-state index contributed by atoms with van der Waals surface area (Å²) in [5, 5.41) is 9.90. The molecule has 0 radical (unpaired) electrons. The molecular weight excluding hydrogens is 174 g/mol. The van der Waals surface area contributed by atoms with Crippen molar-refractivity contribution in [2.45, 2.75) is 64.1 Å². The molecule has 1 saturated heterocycles. The second kappa shape index (κ2) is 4.19. The first-order chi connectivity index (χ1) is 6.68. The summed E-state index contributed by atoms with van der Waals surface area (Å²) in [6, 6.07) is 1.15. The van der Waals surface area contributed by atoms with Gasteiger partial charge < -0.3 is 5.11 Å². The first-order valence-electron chi connectivity index (χ1n) is 6.12. The van der Waals surface area contributed by atoms with E-state index in [9.17, 15) is 5.11 Å². The lowest BCUT2D eigenvalue weighted by atomic mass is 9.93. The molecule has 2 nitrogen and oxygen atoms in total. The first kappa shape index (κ1) is 10.4. The average molecular weight is 197 g/mol. The van der Waals surface area contributed by atoms with Gasteiger partial charge in [-0.3, -0.25) is 4.90 Å². The van der Waals surface area contributed by atoms with Crippen molar-refractivity contribution >= 4 is 0 Å². The Morgan fingerprint density at radius 3 is 2.50 bits per heavy atom. The largest absolute Gasteiger partial charge is 0.391 e. The molecule has 2 fully saturated rings. The molecule has 0 aromatic carbocycles. The van der Waals surface area contributed by atoms with Crippen LogP contribution >= 0.6 is 0 Å². The minimum absolute atomic E-state index is 0.0530. The number of hydrogen-bond donors (Lipinski definition) is 1. The van der Waals surface area contributed by atoms with E-state index in [0.29, 0.717) is 12.1 Å². The van der Waals surface area contributed by atoms with E-state index >= 15 is 0 Å². The predicted molar refractivity (Wildman–Crippen MR) is 58.2 cm³/mol. The van der Waals surface area contributed by atoms with Gasteiger partial charge in [0.2, 0.25) is 0 Å². The summed E-state index contributed by atoms with van der Waals surface area (Å²) in [4.78, 5) is 2.56. The summed E-state index contributed by atoms with van der Waals surface area (Å²) in [6.45, 7) is 5.85. The van der Waals surface area contributed by atoms with Crippen LogP contribution in [0.4, 0.5) is 0 Å². The van der Waals surface area contributed by atoms with E-state index in [-0.39, 0.29) is 6.10 Å². The zero-order valence-electron chi connectivity index (χ0n) is 9.45. The Morgan fingerprint density at radius 1 is 1.07 bits per heavy atom. The van der Waals surface area contributed by atoms with Crippen molar-refractivity contribution in [3.8, 4) is 0 Å². The minimum Gasteiger partial charge on any atom is -0.391 e. The molecule has 1 heterocycles. The molecule has 0 spiro atoms. The van der Waals surface area contributed by atoms with Crippen LogP contribution in [0.1, 0.15) is 46.0 Å². The zero-order chi connectivity index (χ0) is 10.1. The molecule has 2 unspecified atom stereocenters. The lowest BCUT2D eigenvalue weighted by Crippen LogP contribution is -2.50. The molecule has 0 bridgehead atoms. The molecule has 4 atom stereocenters. The number of rotatable bonds is 1. The molecule has 2 heteroatoms. The maximum Gasteiger partial charge on any atom is 0.0695 e. The van der Waals surface area contributed by atoms with Crippen molar-refractivity contribution in [1.29, 1.82) is 0 Å². The van der Waals surface area contributed by atoms with Gasteiger partial charge in [-0.15, -0.1) is 0 Å². The van der Waals surface area contributed by atoms with E-state index in [2.05, 4.69) is 18.7 Å². The molecule has 1 aliphatic heterocycles. The van der Waals surface area contributed by atoms with Crippen molar-refractivity contribution in [1.82, 2.24) is 4.90 Å². The fourth-order valence-electron chi connectivity index (χ4n) is 3.09. The molecule has 1 N–H and O–H groups in total. The fourth-order valence-corrected chi connectivity index (χ4v) is 3.09. The SMILES string of the molecule is CC1CCC(C)N([C@@H]2CCC[C@H]2O)C1. The van der Waals surface area contributed by atoms with Crippen LogP contribution in [-0.4, -0.2) is 34.7 Å². The van der Waals surface area contributed by atoms with E-state index in [1.54, 1.807) is 0 Å². The van der Waals surface area contributed by atoms with Gasteiger partial charge in [0.15, 0.2) is 0 Å². The molecule has 1 aliphatic carbocycles. The van der Waals surface area contributed by atoms with Crippen LogP contribution in [0, 0.1) is 5.92 Å². The van der Waals surface area contributed by atoms with Crippen LogP contribution < -0.4 is 0 Å². The van der Waals surface area contributed by atoms with E-state index in [4.69, 9.17) is 0 Å². The topological polar surface area (TPSA) is 23.5 Å². The third-order valence-corrected chi connectivity index (χ3v) is 4.04. The van der Waals surface area contributed by atoms with E-state index in [0.717, 1.165) is 12.3 Å². The highest BCUT2D eigenvalue weighted by Crippen LogP contribution is 2.31. The summed E-state index contributed by atoms with van der Waals surface area (Å²) >= 11 is 0. The molecule has 2 aliphatic rings. The second-order valence-corrected chi connectivity index (χ2v) is 5.29. The van der Waals surface area contributed by atoms with Crippen LogP contribution in [0.5, 0.6) is 0 Å². The Morgan fingerprint density at radius 2 is 1.86 bits per heavy atom. The number of piperidine rings is 1. The van der Waals surface area contributed by atoms with Crippen LogP contribution in [0.2, 0.25) is 0 Å². The molecule has 0 aromatic rings. The van der Waals surface area contributed by atoms with Gasteiger partial charge in [0.1, 0.15) is 0 Å². The highest BCUT2D eigenvalue weighted by molar-refractivity contribution is 4.90. The van der Waals surface area contributed by atoms with E-state index in [1.807, 2.05) is 0 Å². The number of hydrogen-bond acceptors (Lipinski definition) is 2. The van der Waals surface area contributed by atoms with Crippen molar-refractivity contribution in [2.24, 2.45) is 5.92 Å². The number of aliphatic hydroxyl groups excluding tert-OH is 1. The summed E-state index contributed by atoms with van der Waals surface area (Å²) in [6.07, 6.45) is 6.05. The van der Waals surface area contributed by atoms with Gasteiger partial charge >= 0.3 is 0 Å². The average Bonchev–Trinajstić information content (AvgIpc) is 2.56.